The van der Waals surface area contributed by atoms with Crippen LogP contribution in [0.25, 0.3) is 0 Å². The van der Waals surface area contributed by atoms with Gasteiger partial charge in [-0.2, -0.15) is 17.5 Å². The van der Waals surface area contributed by atoms with E-state index < -0.39 is 38.3 Å². The average molecular weight is 641 g/mol. The number of alkyl halides is 3. The normalized spacial score (nSPS) is 38.5. The van der Waals surface area contributed by atoms with Crippen LogP contribution in [0.2, 0.25) is 0 Å². The maximum absolute atomic E-state index is 13.7. The molecule has 0 spiro atoms. The van der Waals surface area contributed by atoms with E-state index >= 15 is 0 Å². The van der Waals surface area contributed by atoms with Gasteiger partial charge < -0.3 is 5.11 Å². The maximum atomic E-state index is 13.7. The number of β-amino-alcohol motifs (C(OH)–C–C–N with tert-alkyl or cyclic N) is 1. The lowest BCUT2D eigenvalue weighted by atomic mass is 9.52. The molecule has 1 aromatic rings. The van der Waals surface area contributed by atoms with Crippen molar-refractivity contribution in [2.24, 2.45) is 29.1 Å². The zero-order valence-corrected chi connectivity index (χ0v) is 27.6. The first-order chi connectivity index (χ1) is 20.5. The van der Waals surface area contributed by atoms with Crippen LogP contribution < -0.4 is 0 Å². The van der Waals surface area contributed by atoms with Crippen LogP contribution in [0.3, 0.4) is 0 Å². The number of fused-ring (bicyclic) bond motifs is 3. The van der Waals surface area contributed by atoms with Crippen molar-refractivity contribution >= 4 is 15.8 Å². The Morgan fingerprint density at radius 3 is 2.43 bits per heavy atom. The summed E-state index contributed by atoms with van der Waals surface area (Å²) in [5, 5.41) is 12.1. The molecule has 10 heteroatoms. The van der Waals surface area contributed by atoms with E-state index in [1.54, 1.807) is 6.92 Å². The van der Waals surface area contributed by atoms with Crippen molar-refractivity contribution in [3.63, 3.8) is 0 Å². The van der Waals surface area contributed by atoms with Crippen LogP contribution >= 0.6 is 0 Å². The van der Waals surface area contributed by atoms with Gasteiger partial charge in [-0.05, 0) is 93.6 Å². The molecule has 8 unspecified atom stereocenters. The van der Waals surface area contributed by atoms with Crippen molar-refractivity contribution in [2.45, 2.75) is 127 Å². The summed E-state index contributed by atoms with van der Waals surface area (Å²) in [6, 6.07) is 3.58. The molecular formula is C34H51F3N2O4S. The molecule has 1 N–H and O–H groups in total. The fourth-order valence-corrected chi connectivity index (χ4v) is 11.4. The van der Waals surface area contributed by atoms with Gasteiger partial charge in [-0.1, -0.05) is 45.2 Å². The van der Waals surface area contributed by atoms with Crippen LogP contribution in [-0.4, -0.2) is 65.8 Å². The van der Waals surface area contributed by atoms with Crippen molar-refractivity contribution in [2.75, 3.05) is 19.6 Å². The summed E-state index contributed by atoms with van der Waals surface area (Å²) < 4.78 is 69.4. The number of piperazine rings is 1. The SMILES string of the molecule is CC1CCC2C(CCCC(O)(CN3CC(C)N(S(=O)(=O)c4ccccc4C(F)(F)F)CC3C)C1)CCC1(C)CC(=O)CCC21. The third-order valence-corrected chi connectivity index (χ3v) is 13.7. The van der Waals surface area contributed by atoms with Gasteiger partial charge in [0.15, 0.2) is 0 Å². The van der Waals surface area contributed by atoms with Crippen molar-refractivity contribution < 1.29 is 31.5 Å². The molecule has 6 nitrogen and oxygen atoms in total. The number of ketones is 1. The minimum Gasteiger partial charge on any atom is -0.389 e. The molecule has 248 valence electrons. The largest absolute Gasteiger partial charge is 0.417 e. The van der Waals surface area contributed by atoms with E-state index in [-0.39, 0.29) is 18.0 Å². The first-order valence-electron chi connectivity index (χ1n) is 16.7. The summed E-state index contributed by atoms with van der Waals surface area (Å²) in [7, 11) is -4.38. The van der Waals surface area contributed by atoms with Crippen molar-refractivity contribution in [1.82, 2.24) is 9.21 Å². The van der Waals surface area contributed by atoms with Crippen LogP contribution in [0.4, 0.5) is 13.2 Å². The third-order valence-electron chi connectivity index (χ3n) is 11.7. The summed E-state index contributed by atoms with van der Waals surface area (Å²) >= 11 is 0. The quantitative estimate of drug-likeness (QED) is 0.387. The van der Waals surface area contributed by atoms with Crippen LogP contribution in [-0.2, 0) is 21.0 Å². The standard InChI is InChI=1S/C34H51F3N2O4S/c1-23-11-13-28-26(15-17-32(4)19-27(40)12-14-29(28)32)8-7-16-33(41,18-23)22-38-20-25(3)39(21-24(38)2)44(42,43)31-10-6-5-9-30(31)34(35,36)37/h5-6,9-10,23-26,28-29,41H,7-8,11-22H2,1-4H3. The van der Waals surface area contributed by atoms with E-state index in [1.807, 2.05) is 6.92 Å². The molecule has 1 aromatic carbocycles. The minimum atomic E-state index is -4.77. The highest BCUT2D eigenvalue weighted by Crippen LogP contribution is 2.56. The number of aliphatic hydroxyl groups is 1. The van der Waals surface area contributed by atoms with Gasteiger partial charge in [0.05, 0.1) is 16.1 Å². The summed E-state index contributed by atoms with van der Waals surface area (Å²) in [5.41, 5.74) is -1.92. The second kappa shape index (κ2) is 12.6. The molecule has 44 heavy (non-hydrogen) atoms. The fourth-order valence-electron chi connectivity index (χ4n) is 9.51. The third kappa shape index (κ3) is 6.93. The van der Waals surface area contributed by atoms with E-state index in [9.17, 15) is 31.5 Å². The minimum absolute atomic E-state index is 0.0632. The molecule has 0 aromatic heterocycles. The monoisotopic (exact) mass is 640 g/mol. The summed E-state index contributed by atoms with van der Waals surface area (Å²) in [5.74, 6) is 2.64. The second-order valence-electron chi connectivity index (χ2n) is 15.2. The number of nitrogens with zero attached hydrogens (tertiary/aromatic N) is 2. The molecule has 3 aliphatic carbocycles. The Morgan fingerprint density at radius 2 is 1.70 bits per heavy atom. The van der Waals surface area contributed by atoms with Crippen molar-refractivity contribution in [1.29, 1.82) is 0 Å². The van der Waals surface area contributed by atoms with Gasteiger partial charge in [0.1, 0.15) is 5.78 Å². The van der Waals surface area contributed by atoms with Gasteiger partial charge in [-0.15, -0.1) is 0 Å². The number of carbonyl (C=O) groups excluding carboxylic acids is 1. The topological polar surface area (TPSA) is 77.9 Å². The Kier molecular flexibility index (Phi) is 9.70. The zero-order chi connectivity index (χ0) is 32.1. The van der Waals surface area contributed by atoms with Gasteiger partial charge >= 0.3 is 6.18 Å². The molecule has 8 atom stereocenters. The number of sulfonamides is 1. The maximum Gasteiger partial charge on any atom is 0.417 e. The molecule has 0 radical (unpaired) electrons. The van der Waals surface area contributed by atoms with E-state index in [4.69, 9.17) is 0 Å². The van der Waals surface area contributed by atoms with E-state index in [0.29, 0.717) is 55.4 Å². The zero-order valence-electron chi connectivity index (χ0n) is 26.8. The summed E-state index contributed by atoms with van der Waals surface area (Å²) in [4.78, 5) is 13.7. The molecular weight excluding hydrogens is 589 g/mol. The Morgan fingerprint density at radius 1 is 0.977 bits per heavy atom. The number of halogens is 3. The molecule has 1 saturated heterocycles. The summed E-state index contributed by atoms with van der Waals surface area (Å²) in [6.07, 6.45) is 5.51. The summed E-state index contributed by atoms with van der Waals surface area (Å²) in [6.45, 7) is 9.03. The molecule has 0 bridgehead atoms. The Balaban J connectivity index is 1.26. The number of carbonyl (C=O) groups is 1. The lowest BCUT2D eigenvalue weighted by Crippen LogP contribution is -2.61. The highest BCUT2D eigenvalue weighted by molar-refractivity contribution is 7.89. The van der Waals surface area contributed by atoms with Gasteiger partial charge in [0.2, 0.25) is 10.0 Å². The molecule has 4 aliphatic rings. The van der Waals surface area contributed by atoms with Crippen molar-refractivity contribution in [3.8, 4) is 0 Å². The van der Waals surface area contributed by atoms with Crippen LogP contribution in [0.5, 0.6) is 0 Å². The van der Waals surface area contributed by atoms with Crippen LogP contribution in [0.15, 0.2) is 29.2 Å². The van der Waals surface area contributed by atoms with Gasteiger partial charge in [0.25, 0.3) is 0 Å². The average Bonchev–Trinajstić information content (AvgIpc) is 2.93. The lowest BCUT2D eigenvalue weighted by molar-refractivity contribution is -0.140. The predicted molar refractivity (Wildman–Crippen MR) is 164 cm³/mol. The molecule has 1 aliphatic heterocycles. The number of hydrogen-bond acceptors (Lipinski definition) is 5. The van der Waals surface area contributed by atoms with Gasteiger partial charge in [-0.3, -0.25) is 9.69 Å². The first-order valence-corrected chi connectivity index (χ1v) is 18.1. The van der Waals surface area contributed by atoms with Gasteiger partial charge in [0, 0.05) is 44.6 Å². The molecule has 5 rings (SSSR count). The number of hydrogen-bond donors (Lipinski definition) is 1. The Labute approximate surface area is 261 Å². The first kappa shape index (κ1) is 33.9. The van der Waals surface area contributed by atoms with Crippen LogP contribution in [0, 0.1) is 29.1 Å². The fraction of sp³-hybridized carbons (Fsp3) is 0.794. The molecule has 4 fully saturated rings. The van der Waals surface area contributed by atoms with Crippen molar-refractivity contribution in [3.05, 3.63) is 29.8 Å². The Hall–Kier alpha value is -1.49. The molecule has 1 heterocycles. The predicted octanol–water partition coefficient (Wildman–Crippen LogP) is 6.91. The number of benzene rings is 1. The van der Waals surface area contributed by atoms with Gasteiger partial charge in [-0.25, -0.2) is 8.42 Å². The molecule has 0 amide bonds. The van der Waals surface area contributed by atoms with E-state index in [2.05, 4.69) is 18.7 Å². The lowest BCUT2D eigenvalue weighted by Gasteiger charge is -2.53. The van der Waals surface area contributed by atoms with Crippen LogP contribution in [0.1, 0.15) is 104 Å². The highest BCUT2D eigenvalue weighted by Gasteiger charge is 2.49. The molecule has 3 saturated carbocycles. The van der Waals surface area contributed by atoms with E-state index in [1.165, 1.54) is 16.4 Å². The number of Topliss-reactive ketones (excluding diaryl/α,β-unsaturated/α-hetero) is 1. The van der Waals surface area contributed by atoms with E-state index in [0.717, 1.165) is 69.9 Å². The Bertz CT molecular complexity index is 1310. The second-order valence-corrected chi connectivity index (χ2v) is 17.0. The highest BCUT2D eigenvalue weighted by atomic mass is 32.2. The number of rotatable bonds is 4. The smallest absolute Gasteiger partial charge is 0.389 e.